The summed E-state index contributed by atoms with van der Waals surface area (Å²) in [6.45, 7) is 11.3. The zero-order chi connectivity index (χ0) is 26.2. The van der Waals surface area contributed by atoms with Gasteiger partial charge in [0.15, 0.2) is 16.6 Å². The zero-order valence-electron chi connectivity index (χ0n) is 21.7. The van der Waals surface area contributed by atoms with E-state index in [0.29, 0.717) is 37.6 Å². The van der Waals surface area contributed by atoms with E-state index in [1.54, 1.807) is 7.11 Å². The standard InChI is InChI=1S/C27H39N3O4S/c1-18-7-8-21(13-19(18)2)15-27(4,5)25(31)34-17-20(3)30(26(29)35)16-22-9-10-23(33-12-11-28)24(14-22)32-6/h7-10,13-14,20H,11-12,15-17,28H2,1-6H3,(H2,29,35). The van der Waals surface area contributed by atoms with Crippen LogP contribution in [0.15, 0.2) is 36.4 Å². The van der Waals surface area contributed by atoms with Gasteiger partial charge in [0, 0.05) is 13.1 Å². The highest BCUT2D eigenvalue weighted by Gasteiger charge is 2.31. The molecule has 0 saturated heterocycles. The van der Waals surface area contributed by atoms with Crippen LogP contribution in [-0.2, 0) is 22.5 Å². The van der Waals surface area contributed by atoms with Crippen LogP contribution in [0.25, 0.3) is 0 Å². The van der Waals surface area contributed by atoms with Crippen LogP contribution in [0.3, 0.4) is 0 Å². The minimum Gasteiger partial charge on any atom is -0.493 e. The first-order valence-corrected chi connectivity index (χ1v) is 12.2. The van der Waals surface area contributed by atoms with Crippen molar-refractivity contribution in [3.63, 3.8) is 0 Å². The van der Waals surface area contributed by atoms with Gasteiger partial charge in [-0.3, -0.25) is 4.79 Å². The molecule has 1 atom stereocenters. The van der Waals surface area contributed by atoms with Gasteiger partial charge in [0.25, 0.3) is 0 Å². The number of ether oxygens (including phenoxy) is 3. The van der Waals surface area contributed by atoms with Gasteiger partial charge in [0.05, 0.1) is 18.6 Å². The Kier molecular flexibility index (Phi) is 10.3. The Morgan fingerprint density at radius 1 is 1.09 bits per heavy atom. The maximum Gasteiger partial charge on any atom is 0.311 e. The van der Waals surface area contributed by atoms with Crippen molar-refractivity contribution in [1.29, 1.82) is 0 Å². The molecule has 192 valence electrons. The van der Waals surface area contributed by atoms with E-state index in [9.17, 15) is 4.79 Å². The van der Waals surface area contributed by atoms with Crippen molar-refractivity contribution in [2.24, 2.45) is 16.9 Å². The molecule has 2 aromatic rings. The van der Waals surface area contributed by atoms with Gasteiger partial charge >= 0.3 is 5.97 Å². The van der Waals surface area contributed by atoms with Crippen molar-refractivity contribution in [2.45, 2.75) is 53.6 Å². The van der Waals surface area contributed by atoms with E-state index in [-0.39, 0.29) is 23.7 Å². The summed E-state index contributed by atoms with van der Waals surface area (Å²) in [5, 5.41) is 0.227. The number of hydrogen-bond donors (Lipinski definition) is 2. The fraction of sp³-hybridized carbons (Fsp3) is 0.481. The summed E-state index contributed by atoms with van der Waals surface area (Å²) in [7, 11) is 1.58. The monoisotopic (exact) mass is 501 g/mol. The van der Waals surface area contributed by atoms with Gasteiger partial charge in [-0.15, -0.1) is 0 Å². The summed E-state index contributed by atoms with van der Waals surface area (Å²) in [4.78, 5) is 14.8. The lowest BCUT2D eigenvalue weighted by Crippen LogP contribution is -2.44. The predicted octanol–water partition coefficient (Wildman–Crippen LogP) is 3.90. The number of hydrogen-bond acceptors (Lipinski definition) is 6. The van der Waals surface area contributed by atoms with Gasteiger partial charge in [-0.25, -0.2) is 0 Å². The third-order valence-electron chi connectivity index (χ3n) is 6.00. The summed E-state index contributed by atoms with van der Waals surface area (Å²) in [5.74, 6) is 0.969. The number of esters is 1. The molecule has 1 unspecified atom stereocenters. The van der Waals surface area contributed by atoms with E-state index in [1.165, 1.54) is 11.1 Å². The second-order valence-corrected chi connectivity index (χ2v) is 9.93. The molecule has 0 bridgehead atoms. The molecule has 2 rings (SSSR count). The van der Waals surface area contributed by atoms with Crippen LogP contribution in [0.4, 0.5) is 0 Å². The number of benzene rings is 2. The van der Waals surface area contributed by atoms with Crippen molar-refractivity contribution < 1.29 is 19.0 Å². The lowest BCUT2D eigenvalue weighted by Gasteiger charge is -2.31. The van der Waals surface area contributed by atoms with Crippen molar-refractivity contribution >= 4 is 23.3 Å². The Balaban J connectivity index is 2.03. The normalized spacial score (nSPS) is 12.1. The second-order valence-electron chi connectivity index (χ2n) is 9.52. The number of nitrogens with two attached hydrogens (primary N) is 2. The van der Waals surface area contributed by atoms with E-state index in [2.05, 4.69) is 32.0 Å². The molecule has 0 radical (unpaired) electrons. The first kappa shape index (κ1) is 28.4. The fourth-order valence-electron chi connectivity index (χ4n) is 3.72. The molecular weight excluding hydrogens is 462 g/mol. The zero-order valence-corrected chi connectivity index (χ0v) is 22.5. The highest BCUT2D eigenvalue weighted by Crippen LogP contribution is 2.29. The molecule has 0 aliphatic rings. The molecule has 4 N–H and O–H groups in total. The number of carbonyl (C=O) groups excluding carboxylic acids is 1. The van der Waals surface area contributed by atoms with Crippen LogP contribution in [0.5, 0.6) is 11.5 Å². The lowest BCUT2D eigenvalue weighted by molar-refractivity contribution is -0.155. The van der Waals surface area contributed by atoms with Crippen LogP contribution in [0.2, 0.25) is 0 Å². The highest BCUT2D eigenvalue weighted by molar-refractivity contribution is 7.80. The Bertz CT molecular complexity index is 1030. The molecule has 7 nitrogen and oxygen atoms in total. The number of nitrogens with zero attached hydrogens (tertiary/aromatic N) is 1. The number of thiocarbonyl (C=S) groups is 1. The summed E-state index contributed by atoms with van der Waals surface area (Å²) < 4.78 is 16.8. The minimum absolute atomic E-state index is 0.168. The van der Waals surface area contributed by atoms with Gasteiger partial charge in [0.2, 0.25) is 0 Å². The van der Waals surface area contributed by atoms with Gasteiger partial charge in [-0.2, -0.15) is 0 Å². The molecule has 0 aliphatic carbocycles. The van der Waals surface area contributed by atoms with Crippen LogP contribution < -0.4 is 20.9 Å². The summed E-state index contributed by atoms with van der Waals surface area (Å²) in [6, 6.07) is 11.7. The second kappa shape index (κ2) is 12.7. The number of carbonyl (C=O) groups is 1. The third-order valence-corrected chi connectivity index (χ3v) is 6.23. The molecule has 2 aromatic carbocycles. The Hall–Kier alpha value is -2.84. The highest BCUT2D eigenvalue weighted by atomic mass is 32.1. The van der Waals surface area contributed by atoms with Crippen LogP contribution >= 0.6 is 12.2 Å². The summed E-state index contributed by atoms with van der Waals surface area (Å²) in [6.07, 6.45) is 0.596. The van der Waals surface area contributed by atoms with E-state index < -0.39 is 5.41 Å². The van der Waals surface area contributed by atoms with Gasteiger partial charge in [-0.05, 0) is 87.6 Å². The maximum absolute atomic E-state index is 12.9. The molecule has 8 heteroatoms. The third kappa shape index (κ3) is 8.11. The lowest BCUT2D eigenvalue weighted by atomic mass is 9.85. The Morgan fingerprint density at radius 2 is 1.77 bits per heavy atom. The molecule has 0 aromatic heterocycles. The maximum atomic E-state index is 12.9. The molecule has 0 heterocycles. The van der Waals surface area contributed by atoms with Crippen molar-refractivity contribution in [2.75, 3.05) is 26.9 Å². The number of aryl methyl sites for hydroxylation is 2. The van der Waals surface area contributed by atoms with Crippen LogP contribution in [-0.4, -0.2) is 48.9 Å². The Morgan fingerprint density at radius 3 is 2.37 bits per heavy atom. The minimum atomic E-state index is -0.664. The molecule has 0 amide bonds. The van der Waals surface area contributed by atoms with Crippen molar-refractivity contribution in [3.05, 3.63) is 58.7 Å². The van der Waals surface area contributed by atoms with E-state index in [1.807, 2.05) is 43.9 Å². The largest absolute Gasteiger partial charge is 0.493 e. The van der Waals surface area contributed by atoms with Crippen molar-refractivity contribution in [3.8, 4) is 11.5 Å². The predicted molar refractivity (Wildman–Crippen MR) is 144 cm³/mol. The van der Waals surface area contributed by atoms with E-state index >= 15 is 0 Å². The average molecular weight is 502 g/mol. The molecule has 0 spiro atoms. The quantitative estimate of drug-likeness (QED) is 0.334. The molecule has 35 heavy (non-hydrogen) atoms. The number of methoxy groups -OCH3 is 1. The first-order chi connectivity index (χ1) is 16.5. The fourth-order valence-corrected chi connectivity index (χ4v) is 3.97. The summed E-state index contributed by atoms with van der Waals surface area (Å²) >= 11 is 5.29. The van der Waals surface area contributed by atoms with Gasteiger partial charge < -0.3 is 30.6 Å². The SMILES string of the molecule is COc1cc(CN(C(N)=S)C(C)COC(=O)C(C)(C)Cc2ccc(C)c(C)c2)ccc1OCCN. The van der Waals surface area contributed by atoms with Gasteiger partial charge in [-0.1, -0.05) is 24.3 Å². The van der Waals surface area contributed by atoms with Crippen molar-refractivity contribution in [1.82, 2.24) is 4.90 Å². The first-order valence-electron chi connectivity index (χ1n) is 11.8. The van der Waals surface area contributed by atoms with Gasteiger partial charge in [0.1, 0.15) is 13.2 Å². The molecule has 0 aliphatic heterocycles. The Labute approximate surface area is 214 Å². The molecular formula is C27H39N3O4S. The average Bonchev–Trinajstić information content (AvgIpc) is 2.81. The van der Waals surface area contributed by atoms with Crippen LogP contribution in [0.1, 0.15) is 43.0 Å². The topological polar surface area (TPSA) is 100 Å². The van der Waals surface area contributed by atoms with E-state index in [0.717, 1.165) is 11.1 Å². The number of rotatable bonds is 12. The van der Waals surface area contributed by atoms with E-state index in [4.69, 9.17) is 37.9 Å². The smallest absolute Gasteiger partial charge is 0.311 e. The molecule has 0 fully saturated rings. The van der Waals surface area contributed by atoms with Crippen LogP contribution in [0, 0.1) is 19.3 Å². The molecule has 0 saturated carbocycles. The summed E-state index contributed by atoms with van der Waals surface area (Å²) in [5.41, 5.74) is 15.4.